The van der Waals surface area contributed by atoms with Crippen molar-refractivity contribution in [3.63, 3.8) is 0 Å². The molecular weight excluding hydrogens is 282 g/mol. The molecule has 2 aromatic carbocycles. The van der Waals surface area contributed by atoms with Gasteiger partial charge in [0.15, 0.2) is 5.78 Å². The molecule has 114 valence electrons. The SMILES string of the molecule is CC(=O)c1cccc(NCc2ccc(CO)cc2)c1C(=O)O. The van der Waals surface area contributed by atoms with Gasteiger partial charge in [0.2, 0.25) is 0 Å². The van der Waals surface area contributed by atoms with Crippen LogP contribution in [0.25, 0.3) is 0 Å². The fourth-order valence-electron chi connectivity index (χ4n) is 2.18. The third-order valence-corrected chi connectivity index (χ3v) is 3.35. The van der Waals surface area contributed by atoms with Crippen LogP contribution in [0.15, 0.2) is 42.5 Å². The van der Waals surface area contributed by atoms with Gasteiger partial charge in [-0.3, -0.25) is 4.79 Å². The van der Waals surface area contributed by atoms with Gasteiger partial charge in [-0.25, -0.2) is 4.79 Å². The summed E-state index contributed by atoms with van der Waals surface area (Å²) in [6, 6.07) is 12.1. The molecule has 0 bridgehead atoms. The minimum Gasteiger partial charge on any atom is -0.478 e. The highest BCUT2D eigenvalue weighted by atomic mass is 16.4. The third kappa shape index (κ3) is 3.51. The minimum atomic E-state index is -1.14. The first-order chi connectivity index (χ1) is 10.5. The smallest absolute Gasteiger partial charge is 0.338 e. The van der Waals surface area contributed by atoms with E-state index >= 15 is 0 Å². The number of carboxylic acids is 1. The van der Waals surface area contributed by atoms with Gasteiger partial charge in [-0.1, -0.05) is 36.4 Å². The zero-order valence-corrected chi connectivity index (χ0v) is 12.2. The summed E-state index contributed by atoms with van der Waals surface area (Å²) < 4.78 is 0. The fourth-order valence-corrected chi connectivity index (χ4v) is 2.18. The molecule has 0 atom stereocenters. The van der Waals surface area contributed by atoms with Crippen molar-refractivity contribution in [2.24, 2.45) is 0 Å². The van der Waals surface area contributed by atoms with Crippen LogP contribution in [0.5, 0.6) is 0 Å². The average Bonchev–Trinajstić information content (AvgIpc) is 2.52. The summed E-state index contributed by atoms with van der Waals surface area (Å²) >= 11 is 0. The number of hydrogen-bond donors (Lipinski definition) is 3. The van der Waals surface area contributed by atoms with Gasteiger partial charge in [-0.05, 0) is 24.1 Å². The molecule has 0 saturated heterocycles. The first kappa shape index (κ1) is 15.7. The first-order valence-electron chi connectivity index (χ1n) is 6.82. The Morgan fingerprint density at radius 1 is 1.05 bits per heavy atom. The molecule has 0 spiro atoms. The highest BCUT2D eigenvalue weighted by molar-refractivity contribution is 6.08. The molecule has 22 heavy (non-hydrogen) atoms. The summed E-state index contributed by atoms with van der Waals surface area (Å²) in [5, 5.41) is 21.4. The Hall–Kier alpha value is -2.66. The predicted octanol–water partition coefficient (Wildman–Crippen LogP) is 2.69. The summed E-state index contributed by atoms with van der Waals surface area (Å²) in [5.41, 5.74) is 2.34. The quantitative estimate of drug-likeness (QED) is 0.714. The maximum Gasteiger partial charge on any atom is 0.338 e. The van der Waals surface area contributed by atoms with Crippen molar-refractivity contribution in [1.29, 1.82) is 0 Å². The van der Waals surface area contributed by atoms with E-state index in [2.05, 4.69) is 5.32 Å². The van der Waals surface area contributed by atoms with Gasteiger partial charge in [-0.15, -0.1) is 0 Å². The van der Waals surface area contributed by atoms with E-state index in [0.717, 1.165) is 11.1 Å². The molecule has 0 fully saturated rings. The van der Waals surface area contributed by atoms with Gasteiger partial charge in [0.1, 0.15) is 0 Å². The maximum absolute atomic E-state index is 11.6. The van der Waals surface area contributed by atoms with Gasteiger partial charge in [-0.2, -0.15) is 0 Å². The van der Waals surface area contributed by atoms with E-state index in [1.165, 1.54) is 13.0 Å². The van der Waals surface area contributed by atoms with Crippen LogP contribution in [0.2, 0.25) is 0 Å². The van der Waals surface area contributed by atoms with Crippen molar-refractivity contribution >= 4 is 17.4 Å². The van der Waals surface area contributed by atoms with Crippen LogP contribution in [-0.4, -0.2) is 22.0 Å². The number of rotatable bonds is 6. The van der Waals surface area contributed by atoms with Crippen molar-refractivity contribution in [3.8, 4) is 0 Å². The number of nitrogens with one attached hydrogen (secondary N) is 1. The van der Waals surface area contributed by atoms with Crippen molar-refractivity contribution in [2.45, 2.75) is 20.1 Å². The van der Waals surface area contributed by atoms with Crippen LogP contribution >= 0.6 is 0 Å². The zero-order chi connectivity index (χ0) is 16.1. The van der Waals surface area contributed by atoms with Crippen LogP contribution in [0.1, 0.15) is 38.8 Å². The molecule has 0 heterocycles. The summed E-state index contributed by atoms with van der Waals surface area (Å²) in [6.45, 7) is 1.75. The van der Waals surface area contributed by atoms with Crippen molar-refractivity contribution in [3.05, 3.63) is 64.7 Å². The van der Waals surface area contributed by atoms with Crippen LogP contribution in [0.3, 0.4) is 0 Å². The highest BCUT2D eigenvalue weighted by Crippen LogP contribution is 2.21. The van der Waals surface area contributed by atoms with Gasteiger partial charge in [0, 0.05) is 17.8 Å². The molecule has 2 rings (SSSR count). The van der Waals surface area contributed by atoms with E-state index in [4.69, 9.17) is 5.11 Å². The van der Waals surface area contributed by atoms with Crippen LogP contribution in [-0.2, 0) is 13.2 Å². The summed E-state index contributed by atoms with van der Waals surface area (Å²) in [4.78, 5) is 23.0. The number of aliphatic hydroxyl groups is 1. The van der Waals surface area contributed by atoms with E-state index in [9.17, 15) is 14.7 Å². The number of carboxylic acid groups (broad SMARTS) is 1. The van der Waals surface area contributed by atoms with Crippen LogP contribution in [0.4, 0.5) is 5.69 Å². The van der Waals surface area contributed by atoms with E-state index in [0.29, 0.717) is 12.2 Å². The Bertz CT molecular complexity index is 692. The number of anilines is 1. The molecule has 0 unspecified atom stereocenters. The maximum atomic E-state index is 11.6. The molecule has 0 amide bonds. The molecule has 0 aromatic heterocycles. The summed E-state index contributed by atoms with van der Waals surface area (Å²) in [6.07, 6.45) is 0. The number of carbonyl (C=O) groups excluding carboxylic acids is 1. The molecule has 5 nitrogen and oxygen atoms in total. The largest absolute Gasteiger partial charge is 0.478 e. The Morgan fingerprint density at radius 2 is 1.68 bits per heavy atom. The highest BCUT2D eigenvalue weighted by Gasteiger charge is 2.17. The zero-order valence-electron chi connectivity index (χ0n) is 12.2. The lowest BCUT2D eigenvalue weighted by atomic mass is 10.0. The van der Waals surface area contributed by atoms with Crippen LogP contribution in [0, 0.1) is 0 Å². The third-order valence-electron chi connectivity index (χ3n) is 3.35. The van der Waals surface area contributed by atoms with E-state index in [1.54, 1.807) is 24.3 Å². The second-order valence-corrected chi connectivity index (χ2v) is 4.92. The molecule has 0 radical (unpaired) electrons. The number of hydrogen-bond acceptors (Lipinski definition) is 4. The lowest BCUT2D eigenvalue weighted by Gasteiger charge is -2.12. The standard InChI is InChI=1S/C17H17NO4/c1-11(20)14-3-2-4-15(16(14)17(21)22)18-9-12-5-7-13(10-19)8-6-12/h2-8,18-19H,9-10H2,1H3,(H,21,22). The lowest BCUT2D eigenvalue weighted by Crippen LogP contribution is -2.11. The predicted molar refractivity (Wildman–Crippen MR) is 83.1 cm³/mol. The number of benzene rings is 2. The average molecular weight is 299 g/mol. The Labute approximate surface area is 128 Å². The second kappa shape index (κ2) is 6.87. The molecule has 3 N–H and O–H groups in total. The Balaban J connectivity index is 2.23. The van der Waals surface area contributed by atoms with Crippen molar-refractivity contribution in [2.75, 3.05) is 5.32 Å². The number of aromatic carboxylic acids is 1. The summed E-state index contributed by atoms with van der Waals surface area (Å²) in [7, 11) is 0. The fraction of sp³-hybridized carbons (Fsp3) is 0.176. The Kier molecular flexibility index (Phi) is 4.91. The van der Waals surface area contributed by atoms with E-state index < -0.39 is 5.97 Å². The van der Waals surface area contributed by atoms with Crippen molar-refractivity contribution in [1.82, 2.24) is 0 Å². The molecule has 0 aliphatic rings. The second-order valence-electron chi connectivity index (χ2n) is 4.92. The number of ketones is 1. The monoisotopic (exact) mass is 299 g/mol. The minimum absolute atomic E-state index is 0.0121. The number of aliphatic hydroxyl groups excluding tert-OH is 1. The van der Waals surface area contributed by atoms with Gasteiger partial charge >= 0.3 is 5.97 Å². The van der Waals surface area contributed by atoms with Crippen molar-refractivity contribution < 1.29 is 19.8 Å². The van der Waals surface area contributed by atoms with Crippen LogP contribution < -0.4 is 5.32 Å². The van der Waals surface area contributed by atoms with Gasteiger partial charge in [0.25, 0.3) is 0 Å². The molecule has 0 saturated carbocycles. The molecule has 0 aliphatic heterocycles. The molecule has 0 aliphatic carbocycles. The molecular formula is C17H17NO4. The summed E-state index contributed by atoms with van der Waals surface area (Å²) in [5.74, 6) is -1.42. The van der Waals surface area contributed by atoms with Gasteiger partial charge in [0.05, 0.1) is 12.2 Å². The Morgan fingerprint density at radius 3 is 2.23 bits per heavy atom. The van der Waals surface area contributed by atoms with E-state index in [-0.39, 0.29) is 23.5 Å². The van der Waals surface area contributed by atoms with E-state index in [1.807, 2.05) is 12.1 Å². The molecule has 2 aromatic rings. The normalized spacial score (nSPS) is 10.3. The van der Waals surface area contributed by atoms with Gasteiger partial charge < -0.3 is 15.5 Å². The molecule has 5 heteroatoms. The first-order valence-corrected chi connectivity index (χ1v) is 6.82. The lowest BCUT2D eigenvalue weighted by molar-refractivity contribution is 0.0693. The number of Topliss-reactive ketones (excluding diaryl/α,β-unsaturated/α-hetero) is 1. The number of carbonyl (C=O) groups is 2. The topological polar surface area (TPSA) is 86.6 Å².